The van der Waals surface area contributed by atoms with Gasteiger partial charge >= 0.3 is 0 Å². The number of carbonyl (C=O) groups excluding carboxylic acids is 1. The number of amides is 1. The molecule has 6 aliphatic rings. The van der Waals surface area contributed by atoms with Gasteiger partial charge in [-0.2, -0.15) is 0 Å². The summed E-state index contributed by atoms with van der Waals surface area (Å²) in [5.41, 5.74) is 0.0130. The highest BCUT2D eigenvalue weighted by molar-refractivity contribution is 5.97. The maximum Gasteiger partial charge on any atom is 0.220 e. The van der Waals surface area contributed by atoms with Gasteiger partial charge in [0.2, 0.25) is 5.91 Å². The first-order valence-electron chi connectivity index (χ1n) is 24.8. The number of nitrogens with one attached hydrogen (secondary N) is 2. The van der Waals surface area contributed by atoms with Crippen molar-refractivity contribution in [1.82, 2.24) is 10.6 Å². The molecule has 17 nitrogen and oxygen atoms in total. The van der Waals surface area contributed by atoms with Crippen LogP contribution in [0.4, 0.5) is 5.69 Å². The fraction of sp³-hybridized carbons (Fsp3) is 0.528. The molecule has 4 aliphatic heterocycles. The first-order valence-corrected chi connectivity index (χ1v) is 24.8. The largest absolute Gasteiger partial charge is 0.508 e. The number of nitrogens with zero attached hydrogens (tertiary/aromatic N) is 2. The van der Waals surface area contributed by atoms with E-state index in [0.29, 0.717) is 94.9 Å². The number of aliphatic hydroxyl groups excluding tert-OH is 4. The Kier molecular flexibility index (Phi) is 13.3. The number of aliphatic imine (C=N–C) groups is 1. The lowest BCUT2D eigenvalue weighted by molar-refractivity contribution is -0.378. The third kappa shape index (κ3) is 8.78. The standard InChI is InChI=1S/C53H64N4O13/c1-3-41-37-14-15-54-40(37)25-57(41)47-49-31(17-39-43(61)16-28(2)68-50(39)47)18-45(53(69-49)22-29(32-19-46(63)56-23-32)8-10-33(53)24-55-34-6-4-5-7-34)70-67-27-52(66,51(65)48(64)44(62)26-58)21-30-9-13-42(60)36-12-11-35(59)20-38(30)36/h9,11-17,20,25,29,32-34,41,44-45,48,51,55,58-60,62,64-66H,3-8,10,18-19,21-24,26-27H2,1-2H3,(H,56,63)/t29-,32-,33+,41?,44-,45-,48-,51+,52+,53+/m1/s1. The third-order valence-electron chi connectivity index (χ3n) is 16.1. The van der Waals surface area contributed by atoms with Crippen LogP contribution in [-0.2, 0) is 27.4 Å². The number of phenols is 2. The van der Waals surface area contributed by atoms with Gasteiger partial charge in [0, 0.05) is 79.3 Å². The minimum Gasteiger partial charge on any atom is -0.508 e. The van der Waals surface area contributed by atoms with Gasteiger partial charge in [0.1, 0.15) is 65.2 Å². The molecule has 3 aromatic carbocycles. The molecule has 0 radical (unpaired) electrons. The van der Waals surface area contributed by atoms with E-state index >= 15 is 0 Å². The summed E-state index contributed by atoms with van der Waals surface area (Å²) >= 11 is 0. The van der Waals surface area contributed by atoms with E-state index in [4.69, 9.17) is 18.9 Å². The topological polar surface area (TPSA) is 256 Å². The molecule has 3 fully saturated rings. The van der Waals surface area contributed by atoms with Gasteiger partial charge in [0.15, 0.2) is 16.8 Å². The van der Waals surface area contributed by atoms with E-state index in [1.807, 2.05) is 12.3 Å². The van der Waals surface area contributed by atoms with Gasteiger partial charge < -0.3 is 60.4 Å². The van der Waals surface area contributed by atoms with Gasteiger partial charge in [0.25, 0.3) is 0 Å². The molecule has 17 heteroatoms. The van der Waals surface area contributed by atoms with Gasteiger partial charge in [-0.3, -0.25) is 14.6 Å². The van der Waals surface area contributed by atoms with Crippen LogP contribution in [0.2, 0.25) is 0 Å². The maximum absolute atomic E-state index is 14.0. The molecule has 10 rings (SSSR count). The average molecular weight is 965 g/mol. The number of aryl methyl sites for hydroxylation is 1. The fourth-order valence-electron chi connectivity index (χ4n) is 12.3. The highest BCUT2D eigenvalue weighted by Gasteiger charge is 2.58. The Morgan fingerprint density at radius 1 is 1.00 bits per heavy atom. The van der Waals surface area contributed by atoms with Crippen LogP contribution in [0.5, 0.6) is 17.2 Å². The van der Waals surface area contributed by atoms with Crippen molar-refractivity contribution in [2.75, 3.05) is 31.2 Å². The molecule has 9 N–H and O–H groups in total. The van der Waals surface area contributed by atoms with E-state index in [9.17, 15) is 45.3 Å². The van der Waals surface area contributed by atoms with E-state index in [1.54, 1.807) is 19.2 Å². The number of hydrogen-bond acceptors (Lipinski definition) is 16. The lowest BCUT2D eigenvalue weighted by Gasteiger charge is -2.54. The summed E-state index contributed by atoms with van der Waals surface area (Å²) in [6.45, 7) is 3.25. The number of allylic oxidation sites excluding steroid dienone is 1. The molecule has 70 heavy (non-hydrogen) atoms. The van der Waals surface area contributed by atoms with Crippen molar-refractivity contribution in [2.45, 2.75) is 132 Å². The summed E-state index contributed by atoms with van der Waals surface area (Å²) < 4.78 is 14.3. The van der Waals surface area contributed by atoms with Crippen molar-refractivity contribution in [3.05, 3.63) is 93.1 Å². The Balaban J connectivity index is 1.08. The van der Waals surface area contributed by atoms with E-state index in [2.05, 4.69) is 27.4 Å². The molecule has 1 aromatic heterocycles. The smallest absolute Gasteiger partial charge is 0.220 e. The molecule has 10 atom stereocenters. The van der Waals surface area contributed by atoms with Gasteiger partial charge in [-0.25, -0.2) is 9.78 Å². The number of hydrogen-bond donors (Lipinski definition) is 9. The van der Waals surface area contributed by atoms with Crippen LogP contribution >= 0.6 is 0 Å². The van der Waals surface area contributed by atoms with Crippen LogP contribution < -0.4 is 25.7 Å². The summed E-state index contributed by atoms with van der Waals surface area (Å²) in [5, 5.41) is 84.8. The Labute approximate surface area is 405 Å². The van der Waals surface area contributed by atoms with Crippen LogP contribution in [0.25, 0.3) is 21.7 Å². The van der Waals surface area contributed by atoms with Crippen LogP contribution in [0.1, 0.15) is 81.6 Å². The molecule has 2 saturated carbocycles. The number of aliphatic hydroxyl groups is 5. The Hall–Kier alpha value is -5.37. The Morgan fingerprint density at radius 2 is 1.81 bits per heavy atom. The zero-order chi connectivity index (χ0) is 49.1. The zero-order valence-corrected chi connectivity index (χ0v) is 39.6. The van der Waals surface area contributed by atoms with E-state index in [-0.39, 0.29) is 53.1 Å². The molecule has 1 unspecified atom stereocenters. The van der Waals surface area contributed by atoms with E-state index in [1.165, 1.54) is 36.4 Å². The van der Waals surface area contributed by atoms with Crippen molar-refractivity contribution in [2.24, 2.45) is 22.7 Å². The minimum absolute atomic E-state index is 0.00701. The summed E-state index contributed by atoms with van der Waals surface area (Å²) in [5.74, 6) is 0.605. The van der Waals surface area contributed by atoms with Gasteiger partial charge in [-0.05, 0) is 105 Å². The average Bonchev–Trinajstić information content (AvgIpc) is 4.18. The van der Waals surface area contributed by atoms with Crippen molar-refractivity contribution < 1.29 is 59.5 Å². The van der Waals surface area contributed by atoms with Gasteiger partial charge in [-0.15, -0.1) is 0 Å². The predicted molar refractivity (Wildman–Crippen MR) is 260 cm³/mol. The molecule has 2 aliphatic carbocycles. The molecule has 4 aromatic rings. The third-order valence-corrected chi connectivity index (χ3v) is 16.1. The number of carbonyl (C=O) groups is 1. The van der Waals surface area contributed by atoms with Gasteiger partial charge in [-0.1, -0.05) is 25.8 Å². The number of fused-ring (bicyclic) bond motifs is 4. The summed E-state index contributed by atoms with van der Waals surface area (Å²) in [6, 6.07) is 10.6. The van der Waals surface area contributed by atoms with Crippen LogP contribution in [-0.4, -0.2) is 122 Å². The molecule has 374 valence electrons. The molecular weight excluding hydrogens is 901 g/mol. The highest BCUT2D eigenvalue weighted by Crippen LogP contribution is 2.55. The zero-order valence-electron chi connectivity index (χ0n) is 39.6. The minimum atomic E-state index is -2.42. The first kappa shape index (κ1) is 48.3. The number of phenolic OH excluding ortho intramolecular Hbond substituents is 2. The van der Waals surface area contributed by atoms with Crippen LogP contribution in [0.3, 0.4) is 0 Å². The second-order valence-electron chi connectivity index (χ2n) is 20.5. The molecule has 1 amide bonds. The molecule has 0 bridgehead atoms. The maximum atomic E-state index is 14.0. The second-order valence-corrected chi connectivity index (χ2v) is 20.5. The molecule has 5 heterocycles. The van der Waals surface area contributed by atoms with Gasteiger partial charge in [0.05, 0.1) is 23.7 Å². The lowest BCUT2D eigenvalue weighted by atomic mass is 9.63. The van der Waals surface area contributed by atoms with Crippen LogP contribution in [0, 0.1) is 24.7 Å². The monoisotopic (exact) mass is 964 g/mol. The summed E-state index contributed by atoms with van der Waals surface area (Å²) in [6.07, 6.45) is 6.01. The van der Waals surface area contributed by atoms with E-state index < -0.39 is 55.3 Å². The number of benzene rings is 3. The van der Waals surface area contributed by atoms with Crippen molar-refractivity contribution in [1.29, 1.82) is 0 Å². The molecular formula is C53H64N4O13. The number of rotatable bonds is 16. The molecule has 1 saturated heterocycles. The predicted octanol–water partition coefficient (Wildman–Crippen LogP) is 4.24. The first-order chi connectivity index (χ1) is 33.7. The van der Waals surface area contributed by atoms with Crippen molar-refractivity contribution >= 4 is 39.6 Å². The number of anilines is 1. The SMILES string of the molecule is CCC1C2=CC=NC2=CN1c1c2c(cc3c(=O)cc(C)oc13)C[C@@H](OOC[C@@](O)(Cc1ccc(O)c3ccc(O)cc13)[C@@H](O)[C@H](O)[C@H](O)CO)[C@@]1(C[C@H]([C@H]3CNC(=O)C3)CC[C@H]1CNC1CCCC1)O2. The Bertz CT molecular complexity index is 2800. The van der Waals surface area contributed by atoms with Crippen molar-refractivity contribution in [3.8, 4) is 17.2 Å². The Morgan fingerprint density at radius 3 is 2.57 bits per heavy atom. The fourth-order valence-corrected chi connectivity index (χ4v) is 12.3. The molecule has 1 spiro atoms. The van der Waals surface area contributed by atoms with Crippen LogP contribution in [0.15, 0.2) is 80.2 Å². The normalized spacial score (nSPS) is 27.6. The van der Waals surface area contributed by atoms with Crippen molar-refractivity contribution in [3.63, 3.8) is 0 Å². The second kappa shape index (κ2) is 19.3. The number of ether oxygens (including phenoxy) is 1. The summed E-state index contributed by atoms with van der Waals surface area (Å²) in [7, 11) is 0. The summed E-state index contributed by atoms with van der Waals surface area (Å²) in [4.78, 5) is 46.4. The highest BCUT2D eigenvalue weighted by atomic mass is 17.2. The quantitative estimate of drug-likeness (QED) is 0.0563. The lowest BCUT2D eigenvalue weighted by Crippen LogP contribution is -2.63. The number of aromatic hydroxyl groups is 2. The van der Waals surface area contributed by atoms with E-state index in [0.717, 1.165) is 43.4 Å².